The summed E-state index contributed by atoms with van der Waals surface area (Å²) in [4.78, 5) is 39.1. The Bertz CT molecular complexity index is 1380. The van der Waals surface area contributed by atoms with Crippen molar-refractivity contribution in [1.82, 2.24) is 10.6 Å². The van der Waals surface area contributed by atoms with E-state index in [1.165, 1.54) is 0 Å². The Morgan fingerprint density at radius 1 is 0.933 bits per heavy atom. The largest absolute Gasteiger partial charge is 0.489 e. The average Bonchev–Trinajstić information content (AvgIpc) is 3.06. The second-order valence-corrected chi connectivity index (χ2v) is 11.7. The number of amides is 2. The molecular formula is C37H44N2O6. The molecule has 8 heteroatoms. The summed E-state index contributed by atoms with van der Waals surface area (Å²) < 4.78 is 11.4. The van der Waals surface area contributed by atoms with Crippen molar-refractivity contribution in [3.8, 4) is 5.75 Å². The molecule has 3 N–H and O–H groups in total. The number of nitrogens with one attached hydrogen (secondary N) is 2. The molecule has 4 rings (SSSR count). The first-order valence-corrected chi connectivity index (χ1v) is 15.7. The van der Waals surface area contributed by atoms with Gasteiger partial charge in [-0.1, -0.05) is 84.9 Å². The number of benzene rings is 3. The van der Waals surface area contributed by atoms with Crippen molar-refractivity contribution in [2.45, 2.75) is 64.1 Å². The van der Waals surface area contributed by atoms with Gasteiger partial charge in [0.25, 0.3) is 0 Å². The van der Waals surface area contributed by atoms with Crippen LogP contribution in [0, 0.1) is 11.8 Å². The van der Waals surface area contributed by atoms with Gasteiger partial charge in [-0.3, -0.25) is 14.4 Å². The number of aliphatic hydroxyl groups is 1. The normalized spacial score (nSPS) is 20.0. The Hall–Kier alpha value is -4.43. The number of aliphatic hydroxyl groups excluding tert-OH is 1. The van der Waals surface area contributed by atoms with Crippen LogP contribution in [0.2, 0.25) is 0 Å². The standard InChI is InChI=1S/C37H44N2O6/c1-27-25-45-37(43)32(21-28-11-5-2-6-12-28)16-10-4-9-15-31(36(42)38-27)23-35(41)39-33(24-40)22-29-17-19-34(20-18-29)44-26-30-13-7-3-8-14-30/h2-9,11-14,17-20,27,31-33,40H,10,15-16,21-26H2,1H3,(H,38,42)(H,39,41)/t27-,31+,32+,33-/m0/s1. The lowest BCUT2D eigenvalue weighted by Gasteiger charge is -2.22. The maximum atomic E-state index is 13.1. The van der Waals surface area contributed by atoms with Gasteiger partial charge in [0.1, 0.15) is 19.0 Å². The van der Waals surface area contributed by atoms with Crippen molar-refractivity contribution in [2.24, 2.45) is 11.8 Å². The first-order valence-electron chi connectivity index (χ1n) is 15.7. The molecule has 4 atom stereocenters. The number of allylic oxidation sites excluding steroid dienone is 2. The van der Waals surface area contributed by atoms with E-state index >= 15 is 0 Å². The van der Waals surface area contributed by atoms with E-state index in [-0.39, 0.29) is 43.3 Å². The van der Waals surface area contributed by atoms with Crippen molar-refractivity contribution in [3.05, 3.63) is 114 Å². The zero-order chi connectivity index (χ0) is 31.9. The minimum atomic E-state index is -0.597. The molecule has 0 radical (unpaired) electrons. The summed E-state index contributed by atoms with van der Waals surface area (Å²) in [5, 5.41) is 15.8. The van der Waals surface area contributed by atoms with Crippen molar-refractivity contribution < 1.29 is 29.0 Å². The first-order chi connectivity index (χ1) is 21.9. The van der Waals surface area contributed by atoms with Crippen LogP contribution in [0.4, 0.5) is 0 Å². The van der Waals surface area contributed by atoms with Crippen LogP contribution >= 0.6 is 0 Å². The number of rotatable bonds is 11. The van der Waals surface area contributed by atoms with Crippen LogP contribution in [0.15, 0.2) is 97.1 Å². The Morgan fingerprint density at radius 3 is 2.31 bits per heavy atom. The van der Waals surface area contributed by atoms with Gasteiger partial charge in [0.2, 0.25) is 11.8 Å². The molecule has 8 nitrogen and oxygen atoms in total. The van der Waals surface area contributed by atoms with Gasteiger partial charge < -0.3 is 25.2 Å². The maximum absolute atomic E-state index is 13.1. The smallest absolute Gasteiger partial charge is 0.309 e. The molecule has 0 fully saturated rings. The molecule has 1 aliphatic rings. The topological polar surface area (TPSA) is 114 Å². The van der Waals surface area contributed by atoms with E-state index in [2.05, 4.69) is 10.6 Å². The zero-order valence-corrected chi connectivity index (χ0v) is 25.9. The summed E-state index contributed by atoms with van der Waals surface area (Å²) in [6, 6.07) is 26.5. The van der Waals surface area contributed by atoms with Gasteiger partial charge in [0, 0.05) is 6.42 Å². The predicted molar refractivity (Wildman–Crippen MR) is 173 cm³/mol. The highest BCUT2D eigenvalue weighted by Crippen LogP contribution is 2.19. The third-order valence-corrected chi connectivity index (χ3v) is 7.83. The molecule has 0 spiro atoms. The van der Waals surface area contributed by atoms with Crippen LogP contribution in [0.3, 0.4) is 0 Å². The fourth-order valence-electron chi connectivity index (χ4n) is 5.31. The number of carbonyl (C=O) groups excluding carboxylic acids is 3. The van der Waals surface area contributed by atoms with E-state index in [0.717, 1.165) is 22.4 Å². The van der Waals surface area contributed by atoms with Gasteiger partial charge in [-0.05, 0) is 67.9 Å². The molecule has 0 bridgehead atoms. The van der Waals surface area contributed by atoms with Gasteiger partial charge >= 0.3 is 5.97 Å². The summed E-state index contributed by atoms with van der Waals surface area (Å²) in [5.41, 5.74) is 3.10. The predicted octanol–water partition coefficient (Wildman–Crippen LogP) is 4.94. The third kappa shape index (κ3) is 11.5. The van der Waals surface area contributed by atoms with Gasteiger partial charge in [-0.2, -0.15) is 0 Å². The van der Waals surface area contributed by atoms with Crippen molar-refractivity contribution >= 4 is 17.8 Å². The minimum absolute atomic E-state index is 0.0257. The minimum Gasteiger partial charge on any atom is -0.489 e. The number of carbonyl (C=O) groups is 3. The molecular weight excluding hydrogens is 568 g/mol. The number of cyclic esters (lactones) is 1. The summed E-state index contributed by atoms with van der Waals surface area (Å²) in [6.07, 6.45) is 6.56. The fraction of sp³-hybridized carbons (Fsp3) is 0.378. The highest BCUT2D eigenvalue weighted by Gasteiger charge is 2.26. The highest BCUT2D eigenvalue weighted by atomic mass is 16.5. The van der Waals surface area contributed by atoms with Crippen molar-refractivity contribution in [3.63, 3.8) is 0 Å². The highest BCUT2D eigenvalue weighted by molar-refractivity contribution is 5.86. The number of esters is 1. The monoisotopic (exact) mass is 612 g/mol. The molecule has 3 aromatic rings. The van der Waals surface area contributed by atoms with Crippen LogP contribution in [0.1, 0.15) is 49.3 Å². The zero-order valence-electron chi connectivity index (χ0n) is 25.9. The summed E-state index contributed by atoms with van der Waals surface area (Å²) in [6.45, 7) is 2.08. The molecule has 1 heterocycles. The fourth-order valence-corrected chi connectivity index (χ4v) is 5.31. The number of hydrogen-bond acceptors (Lipinski definition) is 6. The molecule has 0 saturated carbocycles. The van der Waals surface area contributed by atoms with Crippen molar-refractivity contribution in [1.29, 1.82) is 0 Å². The van der Waals surface area contributed by atoms with Crippen LogP contribution < -0.4 is 15.4 Å². The van der Waals surface area contributed by atoms with E-state index in [1.807, 2.05) is 97.1 Å². The summed E-state index contributed by atoms with van der Waals surface area (Å²) in [7, 11) is 0. The molecule has 3 aromatic carbocycles. The van der Waals surface area contributed by atoms with Crippen LogP contribution in [0.5, 0.6) is 5.75 Å². The van der Waals surface area contributed by atoms with E-state index < -0.39 is 18.0 Å². The molecule has 0 aliphatic carbocycles. The van der Waals surface area contributed by atoms with E-state index in [9.17, 15) is 19.5 Å². The SMILES string of the molecule is C[C@H]1COC(=O)[C@@H](Cc2ccccc2)CCC=CC[C@H](CC(=O)N[C@H](CO)Cc2ccc(OCc3ccccc3)cc2)C(=O)N1. The lowest BCUT2D eigenvalue weighted by Crippen LogP contribution is -2.44. The summed E-state index contributed by atoms with van der Waals surface area (Å²) in [5.74, 6) is -0.994. The lowest BCUT2D eigenvalue weighted by atomic mass is 9.94. The van der Waals surface area contributed by atoms with Gasteiger partial charge in [-0.25, -0.2) is 0 Å². The second kappa shape index (κ2) is 17.8. The first kappa shape index (κ1) is 33.5. The number of ether oxygens (including phenoxy) is 2. The van der Waals surface area contributed by atoms with Gasteiger partial charge in [0.15, 0.2) is 0 Å². The van der Waals surface area contributed by atoms with E-state index in [0.29, 0.717) is 38.7 Å². The Kier molecular flexibility index (Phi) is 13.2. The van der Waals surface area contributed by atoms with E-state index in [4.69, 9.17) is 9.47 Å². The Labute approximate surface area is 265 Å². The Morgan fingerprint density at radius 2 is 1.62 bits per heavy atom. The molecule has 0 unspecified atom stereocenters. The van der Waals surface area contributed by atoms with Crippen molar-refractivity contribution in [2.75, 3.05) is 13.2 Å². The summed E-state index contributed by atoms with van der Waals surface area (Å²) >= 11 is 0. The Balaban J connectivity index is 1.30. The van der Waals surface area contributed by atoms with Gasteiger partial charge in [0.05, 0.1) is 30.5 Å². The molecule has 0 saturated heterocycles. The number of hydrogen-bond donors (Lipinski definition) is 3. The second-order valence-electron chi connectivity index (χ2n) is 11.7. The average molecular weight is 613 g/mol. The maximum Gasteiger partial charge on any atom is 0.309 e. The molecule has 1 aliphatic heterocycles. The third-order valence-electron chi connectivity index (χ3n) is 7.83. The van der Waals surface area contributed by atoms with Gasteiger partial charge in [-0.15, -0.1) is 0 Å². The molecule has 238 valence electrons. The van der Waals surface area contributed by atoms with Crippen LogP contribution in [-0.2, 0) is 38.6 Å². The van der Waals surface area contributed by atoms with Crippen LogP contribution in [-0.4, -0.2) is 48.2 Å². The van der Waals surface area contributed by atoms with E-state index in [1.54, 1.807) is 6.92 Å². The van der Waals surface area contributed by atoms with Crippen LogP contribution in [0.25, 0.3) is 0 Å². The molecule has 45 heavy (non-hydrogen) atoms. The molecule has 0 aromatic heterocycles. The molecule has 2 amide bonds. The quantitative estimate of drug-likeness (QED) is 0.209. The lowest BCUT2D eigenvalue weighted by molar-refractivity contribution is -0.150.